The highest BCUT2D eigenvalue weighted by atomic mass is 35.5. The molecule has 2 aromatic carbocycles. The summed E-state index contributed by atoms with van der Waals surface area (Å²) < 4.78 is 25.4. The smallest absolute Gasteiger partial charge is 0.295 e. The minimum absolute atomic E-state index is 0.0751. The molecule has 0 fully saturated rings. The van der Waals surface area contributed by atoms with Crippen molar-refractivity contribution in [3.05, 3.63) is 63.9 Å². The van der Waals surface area contributed by atoms with Gasteiger partial charge in [0, 0.05) is 10.6 Å². The van der Waals surface area contributed by atoms with Gasteiger partial charge >= 0.3 is 0 Å². The largest absolute Gasteiger partial charge is 0.345 e. The number of halogens is 3. The number of aromatic amines is 1. The Morgan fingerprint density at radius 2 is 2.12 bits per heavy atom. The third-order valence-electron chi connectivity index (χ3n) is 4.46. The first-order valence-corrected chi connectivity index (χ1v) is 8.26. The molecule has 0 spiro atoms. The van der Waals surface area contributed by atoms with Gasteiger partial charge < -0.3 is 10.3 Å². The number of hydrogen-bond donors (Lipinski definition) is 2. The highest BCUT2D eigenvalue weighted by Crippen LogP contribution is 2.33. The van der Waals surface area contributed by atoms with E-state index < -0.39 is 12.2 Å². The quantitative estimate of drug-likeness (QED) is 0.717. The molecule has 4 nitrogen and oxygen atoms in total. The summed E-state index contributed by atoms with van der Waals surface area (Å²) in [6.07, 6.45) is -1.01. The van der Waals surface area contributed by atoms with Crippen LogP contribution in [0.4, 0.5) is 8.78 Å². The fraction of sp³-hybridized carbons (Fsp3) is 0.222. The predicted octanol–water partition coefficient (Wildman–Crippen LogP) is 4.57. The molecule has 128 valence electrons. The molecule has 1 heterocycles. The third kappa shape index (κ3) is 2.98. The second-order valence-electron chi connectivity index (χ2n) is 6.06. The molecule has 0 aliphatic heterocycles. The highest BCUT2D eigenvalue weighted by molar-refractivity contribution is 6.30. The number of alkyl halides is 2. The maximum absolute atomic E-state index is 12.7. The van der Waals surface area contributed by atoms with Crippen molar-refractivity contribution in [3.8, 4) is 0 Å². The number of carbonyl (C=O) groups excluding carboxylic acids is 1. The van der Waals surface area contributed by atoms with E-state index in [1.54, 1.807) is 18.2 Å². The Kier molecular flexibility index (Phi) is 3.92. The Bertz CT molecular complexity index is 970. The van der Waals surface area contributed by atoms with Crippen LogP contribution in [0.2, 0.25) is 5.02 Å². The van der Waals surface area contributed by atoms with Crippen LogP contribution in [0.1, 0.15) is 46.2 Å². The van der Waals surface area contributed by atoms with Gasteiger partial charge in [-0.05, 0) is 54.3 Å². The summed E-state index contributed by atoms with van der Waals surface area (Å²) in [5.74, 6) is -0.642. The fourth-order valence-corrected chi connectivity index (χ4v) is 3.45. The molecular formula is C18H14ClF2N3O. The van der Waals surface area contributed by atoms with Crippen LogP contribution in [0, 0.1) is 0 Å². The van der Waals surface area contributed by atoms with E-state index in [0.717, 1.165) is 24.0 Å². The minimum atomic E-state index is -2.67. The molecule has 25 heavy (non-hydrogen) atoms. The monoisotopic (exact) mass is 361 g/mol. The van der Waals surface area contributed by atoms with Gasteiger partial charge in [-0.2, -0.15) is 0 Å². The molecule has 0 saturated carbocycles. The molecule has 1 atom stereocenters. The molecule has 7 heteroatoms. The van der Waals surface area contributed by atoms with Crippen LogP contribution in [0.5, 0.6) is 0 Å². The number of rotatable bonds is 3. The van der Waals surface area contributed by atoms with E-state index in [1.165, 1.54) is 0 Å². The van der Waals surface area contributed by atoms with Gasteiger partial charge in [0.05, 0.1) is 17.1 Å². The molecule has 0 radical (unpaired) electrons. The van der Waals surface area contributed by atoms with E-state index in [9.17, 15) is 13.6 Å². The van der Waals surface area contributed by atoms with Gasteiger partial charge in [0.1, 0.15) is 0 Å². The zero-order chi connectivity index (χ0) is 17.6. The van der Waals surface area contributed by atoms with Gasteiger partial charge in [0.25, 0.3) is 12.3 Å². The molecule has 0 saturated heterocycles. The van der Waals surface area contributed by atoms with Crippen LogP contribution in [-0.4, -0.2) is 15.9 Å². The third-order valence-corrected chi connectivity index (χ3v) is 4.69. The van der Waals surface area contributed by atoms with Crippen molar-refractivity contribution in [2.45, 2.75) is 25.3 Å². The predicted molar refractivity (Wildman–Crippen MR) is 91.0 cm³/mol. The maximum Gasteiger partial charge on any atom is 0.295 e. The normalized spacial score (nSPS) is 16.4. The van der Waals surface area contributed by atoms with Crippen molar-refractivity contribution in [1.29, 1.82) is 0 Å². The summed E-state index contributed by atoms with van der Waals surface area (Å²) in [6.45, 7) is 0. The van der Waals surface area contributed by atoms with Crippen molar-refractivity contribution in [2.75, 3.05) is 0 Å². The second kappa shape index (κ2) is 6.11. The lowest BCUT2D eigenvalue weighted by atomic mass is 10.1. The van der Waals surface area contributed by atoms with Crippen LogP contribution in [0.25, 0.3) is 11.0 Å². The highest BCUT2D eigenvalue weighted by Gasteiger charge is 2.24. The molecule has 1 aliphatic rings. The second-order valence-corrected chi connectivity index (χ2v) is 6.50. The lowest BCUT2D eigenvalue weighted by molar-refractivity contribution is 0.0937. The molecule has 1 amide bonds. The number of hydrogen-bond acceptors (Lipinski definition) is 2. The first kappa shape index (κ1) is 16.0. The lowest BCUT2D eigenvalue weighted by Gasteiger charge is -2.14. The summed E-state index contributed by atoms with van der Waals surface area (Å²) >= 11 is 6.00. The summed E-state index contributed by atoms with van der Waals surface area (Å²) in [5, 5.41) is 3.69. The SMILES string of the molecule is O=C(NC1CCc2cc(Cl)ccc21)c1ccc2nc(C(F)F)[nH]c2c1. The molecule has 1 aromatic heterocycles. The molecule has 4 rings (SSSR count). The first-order chi connectivity index (χ1) is 12.0. The zero-order valence-corrected chi connectivity index (χ0v) is 13.8. The van der Waals surface area contributed by atoms with E-state index >= 15 is 0 Å². The number of nitrogens with one attached hydrogen (secondary N) is 2. The van der Waals surface area contributed by atoms with E-state index in [2.05, 4.69) is 15.3 Å². The number of aryl methyl sites for hydroxylation is 1. The standard InChI is InChI=1S/C18H14ClF2N3O/c19-11-3-4-12-9(7-11)1-5-13(12)24-18(25)10-2-6-14-15(8-10)23-17(22-14)16(20)21/h2-4,6-8,13,16H,1,5H2,(H,22,23)(H,24,25). The number of aromatic nitrogens is 2. The van der Waals surface area contributed by atoms with Crippen molar-refractivity contribution < 1.29 is 13.6 Å². The Hall–Kier alpha value is -2.47. The fourth-order valence-electron chi connectivity index (χ4n) is 3.25. The van der Waals surface area contributed by atoms with E-state index in [4.69, 9.17) is 11.6 Å². The van der Waals surface area contributed by atoms with Gasteiger partial charge in [-0.25, -0.2) is 13.8 Å². The number of H-pyrrole nitrogens is 1. The summed E-state index contributed by atoms with van der Waals surface area (Å²) in [6, 6.07) is 10.3. The summed E-state index contributed by atoms with van der Waals surface area (Å²) in [4.78, 5) is 18.9. The zero-order valence-electron chi connectivity index (χ0n) is 13.0. The number of nitrogens with zero attached hydrogens (tertiary/aromatic N) is 1. The molecule has 2 N–H and O–H groups in total. The molecule has 1 unspecified atom stereocenters. The average Bonchev–Trinajstić information content (AvgIpc) is 3.18. The van der Waals surface area contributed by atoms with Crippen LogP contribution in [0.3, 0.4) is 0 Å². The van der Waals surface area contributed by atoms with Gasteiger partial charge in [0.2, 0.25) is 0 Å². The van der Waals surface area contributed by atoms with E-state index in [0.29, 0.717) is 21.6 Å². The average molecular weight is 362 g/mol. The molecule has 0 bridgehead atoms. The molecule has 1 aliphatic carbocycles. The maximum atomic E-state index is 12.7. The van der Waals surface area contributed by atoms with Gasteiger partial charge in [-0.3, -0.25) is 4.79 Å². The topological polar surface area (TPSA) is 57.8 Å². The number of imidazole rings is 1. The van der Waals surface area contributed by atoms with Crippen LogP contribution in [-0.2, 0) is 6.42 Å². The lowest BCUT2D eigenvalue weighted by Crippen LogP contribution is -2.27. The minimum Gasteiger partial charge on any atom is -0.345 e. The van der Waals surface area contributed by atoms with Crippen LogP contribution < -0.4 is 5.32 Å². The molecule has 3 aromatic rings. The number of benzene rings is 2. The molecular weight excluding hydrogens is 348 g/mol. The van der Waals surface area contributed by atoms with Gasteiger partial charge in [-0.15, -0.1) is 0 Å². The van der Waals surface area contributed by atoms with Crippen molar-refractivity contribution >= 4 is 28.5 Å². The van der Waals surface area contributed by atoms with Crippen molar-refractivity contribution in [1.82, 2.24) is 15.3 Å². The number of amides is 1. The van der Waals surface area contributed by atoms with Crippen LogP contribution in [0.15, 0.2) is 36.4 Å². The van der Waals surface area contributed by atoms with E-state index in [-0.39, 0.29) is 11.9 Å². The first-order valence-electron chi connectivity index (χ1n) is 7.88. The van der Waals surface area contributed by atoms with Gasteiger partial charge in [-0.1, -0.05) is 17.7 Å². The van der Waals surface area contributed by atoms with Crippen LogP contribution >= 0.6 is 11.6 Å². The summed E-state index contributed by atoms with van der Waals surface area (Å²) in [5.41, 5.74) is 3.44. The van der Waals surface area contributed by atoms with E-state index in [1.807, 2.05) is 18.2 Å². The number of fused-ring (bicyclic) bond motifs is 2. The van der Waals surface area contributed by atoms with Crippen molar-refractivity contribution in [2.24, 2.45) is 0 Å². The van der Waals surface area contributed by atoms with Gasteiger partial charge in [0.15, 0.2) is 5.82 Å². The Balaban J connectivity index is 1.57. The Labute approximate surface area is 147 Å². The number of carbonyl (C=O) groups is 1. The Morgan fingerprint density at radius 3 is 2.92 bits per heavy atom. The Morgan fingerprint density at radius 1 is 1.28 bits per heavy atom. The van der Waals surface area contributed by atoms with Crippen molar-refractivity contribution in [3.63, 3.8) is 0 Å². The summed E-state index contributed by atoms with van der Waals surface area (Å²) in [7, 11) is 0.